The van der Waals surface area contributed by atoms with Gasteiger partial charge >= 0.3 is 5.97 Å². The van der Waals surface area contributed by atoms with Crippen LogP contribution in [0.3, 0.4) is 0 Å². The number of carboxylic acids is 1. The van der Waals surface area contributed by atoms with Crippen LogP contribution in [0.5, 0.6) is 0 Å². The minimum atomic E-state index is -1.09. The maximum absolute atomic E-state index is 13.7. The number of anilines is 1. The molecule has 2 atom stereocenters. The van der Waals surface area contributed by atoms with Crippen LogP contribution in [0.1, 0.15) is 78.0 Å². The second kappa shape index (κ2) is 22.9. The molecule has 0 aliphatic carbocycles. The van der Waals surface area contributed by atoms with Gasteiger partial charge in [-0.3, -0.25) is 9.59 Å². The van der Waals surface area contributed by atoms with E-state index in [1.165, 1.54) is 12.1 Å². The third-order valence-corrected chi connectivity index (χ3v) is 7.26. The van der Waals surface area contributed by atoms with Gasteiger partial charge in [0, 0.05) is 23.5 Å². The number of aliphatic hydroxyl groups excluding tert-OH is 2. The number of rotatable bonds is 12. The highest BCUT2D eigenvalue weighted by atomic mass is 19.1. The van der Waals surface area contributed by atoms with Crippen LogP contribution in [-0.2, 0) is 16.1 Å². The normalized spacial score (nSPS) is 11.6. The van der Waals surface area contributed by atoms with Crippen molar-refractivity contribution >= 4 is 18.1 Å². The molecule has 1 aromatic heterocycles. The van der Waals surface area contributed by atoms with Crippen molar-refractivity contribution in [2.24, 2.45) is 0 Å². The molecule has 0 fully saturated rings. The zero-order valence-electron chi connectivity index (χ0n) is 29.4. The first-order chi connectivity index (χ1) is 23.0. The molecule has 0 radical (unpaired) electrons. The Hall–Kier alpha value is -4.53. The van der Waals surface area contributed by atoms with Gasteiger partial charge in [0.1, 0.15) is 5.82 Å². The molecule has 4 rings (SSSR count). The van der Waals surface area contributed by atoms with Gasteiger partial charge < -0.3 is 25.2 Å². The summed E-state index contributed by atoms with van der Waals surface area (Å²) >= 11 is 0. The Morgan fingerprint density at radius 2 is 1.40 bits per heavy atom. The average molecular weight is 661 g/mol. The van der Waals surface area contributed by atoms with E-state index in [9.17, 15) is 24.2 Å². The van der Waals surface area contributed by atoms with E-state index in [4.69, 9.17) is 5.11 Å². The Morgan fingerprint density at radius 1 is 0.854 bits per heavy atom. The SMILES string of the molecule is C/C=C\C.CC.Cc1c(-c2ccccc2)c(-c2ccc(F)cc2)n(CCC(O)CC(O)CC(=O)O)c1C(C)C.O=CNc1ccccc1. The maximum atomic E-state index is 13.7. The number of para-hydroxylation sites is 1. The van der Waals surface area contributed by atoms with E-state index in [0.29, 0.717) is 19.4 Å². The van der Waals surface area contributed by atoms with E-state index >= 15 is 0 Å². The molecule has 0 saturated heterocycles. The van der Waals surface area contributed by atoms with Crippen molar-refractivity contribution in [1.82, 2.24) is 4.57 Å². The van der Waals surface area contributed by atoms with Gasteiger partial charge in [-0.25, -0.2) is 4.39 Å². The Bertz CT molecular complexity index is 1500. The Morgan fingerprint density at radius 3 is 1.88 bits per heavy atom. The Kier molecular flexibility index (Phi) is 19.8. The molecule has 1 heterocycles. The highest BCUT2D eigenvalue weighted by Gasteiger charge is 2.25. The Balaban J connectivity index is 0.000000637. The first kappa shape index (κ1) is 41.5. The van der Waals surface area contributed by atoms with Crippen molar-refractivity contribution in [3.8, 4) is 22.4 Å². The molecule has 0 saturated carbocycles. The summed E-state index contributed by atoms with van der Waals surface area (Å²) < 4.78 is 15.9. The fraction of sp³-hybridized carbons (Fsp3) is 0.350. The number of hydrogen-bond donors (Lipinski definition) is 4. The minimum Gasteiger partial charge on any atom is -0.481 e. The molecule has 0 aliphatic rings. The number of nitrogens with zero attached hydrogens (tertiary/aromatic N) is 1. The lowest BCUT2D eigenvalue weighted by molar-refractivity contribution is -0.139. The Labute approximate surface area is 285 Å². The number of carbonyl (C=O) groups is 2. The molecule has 0 spiro atoms. The van der Waals surface area contributed by atoms with E-state index < -0.39 is 24.6 Å². The van der Waals surface area contributed by atoms with Gasteiger partial charge in [-0.2, -0.15) is 0 Å². The number of carbonyl (C=O) groups excluding carboxylic acids is 1. The molecule has 4 N–H and O–H groups in total. The summed E-state index contributed by atoms with van der Waals surface area (Å²) in [4.78, 5) is 20.7. The summed E-state index contributed by atoms with van der Waals surface area (Å²) in [5, 5.41) is 31.8. The van der Waals surface area contributed by atoms with Crippen molar-refractivity contribution < 1.29 is 29.3 Å². The fourth-order valence-electron chi connectivity index (χ4n) is 5.20. The molecule has 7 nitrogen and oxygen atoms in total. The maximum Gasteiger partial charge on any atom is 0.305 e. The van der Waals surface area contributed by atoms with Crippen molar-refractivity contribution in [1.29, 1.82) is 0 Å². The van der Waals surface area contributed by atoms with Crippen molar-refractivity contribution in [3.05, 3.63) is 114 Å². The van der Waals surface area contributed by atoms with E-state index in [1.54, 1.807) is 12.1 Å². The van der Waals surface area contributed by atoms with Crippen LogP contribution in [0.15, 0.2) is 97.1 Å². The first-order valence-corrected chi connectivity index (χ1v) is 16.5. The smallest absolute Gasteiger partial charge is 0.305 e. The summed E-state index contributed by atoms with van der Waals surface area (Å²) in [5.74, 6) is -1.19. The summed E-state index contributed by atoms with van der Waals surface area (Å²) in [7, 11) is 0. The number of nitrogens with one attached hydrogen (secondary N) is 1. The molecular weight excluding hydrogens is 607 g/mol. The van der Waals surface area contributed by atoms with Gasteiger partial charge in [0.2, 0.25) is 6.41 Å². The fourth-order valence-corrected chi connectivity index (χ4v) is 5.20. The van der Waals surface area contributed by atoms with E-state index in [0.717, 1.165) is 39.3 Å². The van der Waals surface area contributed by atoms with Crippen molar-refractivity contribution in [2.75, 3.05) is 5.32 Å². The first-order valence-electron chi connectivity index (χ1n) is 16.5. The van der Waals surface area contributed by atoms with Crippen LogP contribution in [0.25, 0.3) is 22.4 Å². The third kappa shape index (κ3) is 13.7. The second-order valence-electron chi connectivity index (χ2n) is 11.1. The van der Waals surface area contributed by atoms with Crippen LogP contribution in [0.4, 0.5) is 10.1 Å². The largest absolute Gasteiger partial charge is 0.481 e. The molecule has 48 heavy (non-hydrogen) atoms. The molecule has 0 aliphatic heterocycles. The second-order valence-corrected chi connectivity index (χ2v) is 11.1. The number of carboxylic acid groups (broad SMARTS) is 1. The quantitative estimate of drug-likeness (QED) is 0.0894. The highest BCUT2D eigenvalue weighted by molar-refractivity contribution is 5.85. The number of aliphatic carboxylic acids is 1. The predicted molar refractivity (Wildman–Crippen MR) is 196 cm³/mol. The van der Waals surface area contributed by atoms with Crippen LogP contribution >= 0.6 is 0 Å². The number of aromatic nitrogens is 1. The van der Waals surface area contributed by atoms with Crippen molar-refractivity contribution in [3.63, 3.8) is 0 Å². The number of hydrogen-bond acceptors (Lipinski definition) is 4. The molecule has 2 unspecified atom stereocenters. The lowest BCUT2D eigenvalue weighted by Gasteiger charge is -2.20. The number of allylic oxidation sites excluding steroid dienone is 2. The summed E-state index contributed by atoms with van der Waals surface area (Å²) in [6.07, 6.45) is 2.69. The molecule has 8 heteroatoms. The van der Waals surface area contributed by atoms with E-state index in [1.807, 2.05) is 88.4 Å². The monoisotopic (exact) mass is 660 g/mol. The number of aliphatic hydroxyl groups is 2. The zero-order valence-corrected chi connectivity index (χ0v) is 29.4. The van der Waals surface area contributed by atoms with Gasteiger partial charge in [-0.05, 0) is 92.6 Å². The van der Waals surface area contributed by atoms with Crippen molar-refractivity contribution in [2.45, 2.75) is 92.4 Å². The number of benzene rings is 3. The average Bonchev–Trinajstić information content (AvgIpc) is 3.38. The van der Waals surface area contributed by atoms with Crippen LogP contribution in [0.2, 0.25) is 0 Å². The van der Waals surface area contributed by atoms with E-state index in [2.05, 4.69) is 42.8 Å². The molecule has 4 aromatic rings. The van der Waals surface area contributed by atoms with Gasteiger partial charge in [0.15, 0.2) is 0 Å². The highest BCUT2D eigenvalue weighted by Crippen LogP contribution is 2.41. The summed E-state index contributed by atoms with van der Waals surface area (Å²) in [6.45, 7) is 14.8. The molecule has 260 valence electrons. The zero-order chi connectivity index (χ0) is 36.1. The van der Waals surface area contributed by atoms with Gasteiger partial charge in [-0.1, -0.05) is 88.4 Å². The van der Waals surface area contributed by atoms with Gasteiger partial charge in [-0.15, -0.1) is 0 Å². The number of amides is 1. The molecule has 0 bridgehead atoms. The lowest BCUT2D eigenvalue weighted by atomic mass is 9.96. The molecule has 1 amide bonds. The minimum absolute atomic E-state index is 0.000979. The van der Waals surface area contributed by atoms with Crippen LogP contribution < -0.4 is 5.32 Å². The van der Waals surface area contributed by atoms with Gasteiger partial charge in [0.25, 0.3) is 0 Å². The van der Waals surface area contributed by atoms with E-state index in [-0.39, 0.29) is 18.2 Å². The molecule has 3 aromatic carbocycles. The number of halogens is 1. The van der Waals surface area contributed by atoms with Crippen LogP contribution in [-0.4, -0.2) is 44.5 Å². The molecular formula is C40H53FN2O5. The summed E-state index contributed by atoms with van der Waals surface area (Å²) in [6, 6.07) is 25.8. The standard InChI is InChI=1S/C27H32FNO4.C7H7NO.C4H8.C2H6/c1-17(2)26-18(3)25(19-7-5-4-6-8-19)27(20-9-11-21(28)12-10-20)29(26)14-13-22(30)15-23(31)16-24(32)33;9-6-8-7-4-2-1-3-5-7;1-3-4-2;1-2/h4-12,17,22-23,30-31H,13-16H2,1-3H3,(H,32,33);1-6H,(H,8,9);3-4H,1-2H3;1-2H3/b;;4-3-;. The topological polar surface area (TPSA) is 112 Å². The predicted octanol–water partition coefficient (Wildman–Crippen LogP) is 9.23. The third-order valence-electron chi connectivity index (χ3n) is 7.26. The van der Waals surface area contributed by atoms with Gasteiger partial charge in [0.05, 0.1) is 24.3 Å². The lowest BCUT2D eigenvalue weighted by Crippen LogP contribution is -2.22. The summed E-state index contributed by atoms with van der Waals surface area (Å²) in [5.41, 5.74) is 7.07. The van der Waals surface area contributed by atoms with Crippen LogP contribution in [0, 0.1) is 12.7 Å².